The molecule has 3 aromatic rings. The van der Waals surface area contributed by atoms with Gasteiger partial charge in [-0.1, -0.05) is 30.3 Å². The van der Waals surface area contributed by atoms with Crippen LogP contribution in [0.3, 0.4) is 0 Å². The molecule has 0 saturated heterocycles. The van der Waals surface area contributed by atoms with Crippen molar-refractivity contribution in [2.24, 2.45) is 0 Å². The van der Waals surface area contributed by atoms with E-state index in [2.05, 4.69) is 30.7 Å². The van der Waals surface area contributed by atoms with Gasteiger partial charge >= 0.3 is 0 Å². The number of carbonyl (C=O) groups excluding carboxylic acids is 1. The molecule has 0 unspecified atom stereocenters. The zero-order valence-corrected chi connectivity index (χ0v) is 14.2. The number of nitrogens with zero attached hydrogens (tertiary/aromatic N) is 3. The summed E-state index contributed by atoms with van der Waals surface area (Å²) in [4.78, 5) is 23.6. The average molecular weight is 319 g/mol. The Morgan fingerprint density at radius 2 is 1.62 bits per heavy atom. The number of fused-ring (bicyclic) bond motifs is 1. The summed E-state index contributed by atoms with van der Waals surface area (Å²) in [6.45, 7) is 6.72. The lowest BCUT2D eigenvalue weighted by molar-refractivity contribution is 0.0559. The maximum atomic E-state index is 13.1. The third-order valence-corrected chi connectivity index (χ3v) is 3.95. The van der Waals surface area contributed by atoms with Crippen molar-refractivity contribution in [1.82, 2.24) is 14.9 Å². The smallest absolute Gasteiger partial charge is 0.254 e. The summed E-state index contributed by atoms with van der Waals surface area (Å²) in [5, 5.41) is 0. The predicted molar refractivity (Wildman–Crippen MR) is 95.6 cm³/mol. The molecule has 0 bridgehead atoms. The van der Waals surface area contributed by atoms with Gasteiger partial charge < -0.3 is 4.90 Å². The number of amides is 1. The number of benzene rings is 2. The minimum Gasteiger partial charge on any atom is -0.329 e. The molecule has 0 aliphatic heterocycles. The van der Waals surface area contributed by atoms with Gasteiger partial charge in [0.15, 0.2) is 0 Å². The number of rotatable bonds is 3. The van der Waals surface area contributed by atoms with Gasteiger partial charge in [-0.25, -0.2) is 0 Å². The van der Waals surface area contributed by atoms with E-state index < -0.39 is 0 Å². The highest BCUT2D eigenvalue weighted by molar-refractivity contribution is 5.97. The monoisotopic (exact) mass is 319 g/mol. The van der Waals surface area contributed by atoms with E-state index in [4.69, 9.17) is 0 Å². The van der Waals surface area contributed by atoms with Crippen LogP contribution in [-0.4, -0.2) is 26.3 Å². The van der Waals surface area contributed by atoms with E-state index in [0.717, 1.165) is 16.6 Å². The molecule has 2 aromatic carbocycles. The van der Waals surface area contributed by atoms with Crippen LogP contribution >= 0.6 is 0 Å². The molecule has 24 heavy (non-hydrogen) atoms. The lowest BCUT2D eigenvalue weighted by Gasteiger charge is -2.36. The van der Waals surface area contributed by atoms with Gasteiger partial charge in [0.1, 0.15) is 0 Å². The number of aromatic nitrogens is 2. The first-order chi connectivity index (χ1) is 11.4. The molecule has 4 nitrogen and oxygen atoms in total. The van der Waals surface area contributed by atoms with Gasteiger partial charge in [-0.3, -0.25) is 14.8 Å². The first kappa shape index (κ1) is 16.1. The van der Waals surface area contributed by atoms with E-state index >= 15 is 0 Å². The summed E-state index contributed by atoms with van der Waals surface area (Å²) in [5.74, 6) is -0.00101. The molecule has 1 amide bonds. The number of hydrogen-bond donors (Lipinski definition) is 0. The van der Waals surface area contributed by atoms with Crippen molar-refractivity contribution in [3.8, 4) is 0 Å². The molecule has 122 valence electrons. The van der Waals surface area contributed by atoms with Crippen LogP contribution in [0, 0.1) is 0 Å². The minimum atomic E-state index is -0.287. The summed E-state index contributed by atoms with van der Waals surface area (Å²) < 4.78 is 0. The molecular formula is C20H21N3O. The molecule has 0 atom stereocenters. The van der Waals surface area contributed by atoms with Crippen molar-refractivity contribution >= 4 is 16.9 Å². The molecule has 0 fully saturated rings. The Labute approximate surface area is 142 Å². The van der Waals surface area contributed by atoms with Crippen molar-refractivity contribution in [3.63, 3.8) is 0 Å². The lowest BCUT2D eigenvalue weighted by Crippen LogP contribution is -2.45. The molecule has 0 saturated carbocycles. The molecule has 0 N–H and O–H groups in total. The highest BCUT2D eigenvalue weighted by Crippen LogP contribution is 2.22. The third-order valence-electron chi connectivity index (χ3n) is 3.95. The number of carbonyl (C=O) groups is 1. The van der Waals surface area contributed by atoms with Crippen LogP contribution in [0.15, 0.2) is 60.9 Å². The number of hydrogen-bond acceptors (Lipinski definition) is 3. The van der Waals surface area contributed by atoms with E-state index in [0.29, 0.717) is 12.1 Å². The standard InChI is InChI=1S/C20H21N3O/c1-20(2,3)23(14-15-7-5-4-6-8-15)19(24)16-9-10-17-18(13-16)22-12-11-21-17/h4-13H,14H2,1-3H3. The zero-order chi connectivity index (χ0) is 17.2. The van der Waals surface area contributed by atoms with Gasteiger partial charge in [-0.15, -0.1) is 0 Å². The van der Waals surface area contributed by atoms with E-state index in [1.165, 1.54) is 0 Å². The quantitative estimate of drug-likeness (QED) is 0.731. The highest BCUT2D eigenvalue weighted by Gasteiger charge is 2.27. The molecule has 1 aromatic heterocycles. The van der Waals surface area contributed by atoms with Crippen LogP contribution in [0.1, 0.15) is 36.7 Å². The minimum absolute atomic E-state index is 0.00101. The summed E-state index contributed by atoms with van der Waals surface area (Å²) in [6.07, 6.45) is 3.29. The largest absolute Gasteiger partial charge is 0.329 e. The molecule has 0 aliphatic rings. The van der Waals surface area contributed by atoms with E-state index in [1.54, 1.807) is 12.4 Å². The van der Waals surface area contributed by atoms with Gasteiger partial charge in [0.05, 0.1) is 11.0 Å². The summed E-state index contributed by atoms with van der Waals surface area (Å²) >= 11 is 0. The van der Waals surface area contributed by atoms with Crippen molar-refractivity contribution < 1.29 is 4.79 Å². The first-order valence-corrected chi connectivity index (χ1v) is 8.02. The Hall–Kier alpha value is -2.75. The maximum Gasteiger partial charge on any atom is 0.254 e. The van der Waals surface area contributed by atoms with Crippen LogP contribution < -0.4 is 0 Å². The van der Waals surface area contributed by atoms with Crippen molar-refractivity contribution in [1.29, 1.82) is 0 Å². The Morgan fingerprint density at radius 3 is 2.29 bits per heavy atom. The Kier molecular flexibility index (Phi) is 4.30. The van der Waals surface area contributed by atoms with Crippen LogP contribution in [-0.2, 0) is 6.54 Å². The second-order valence-electron chi connectivity index (χ2n) is 6.81. The van der Waals surface area contributed by atoms with Gasteiger partial charge in [0.25, 0.3) is 5.91 Å². The second kappa shape index (κ2) is 6.40. The summed E-state index contributed by atoms with van der Waals surface area (Å²) in [5.41, 5.74) is 2.98. The average Bonchev–Trinajstić information content (AvgIpc) is 2.58. The predicted octanol–water partition coefficient (Wildman–Crippen LogP) is 4.07. The Balaban J connectivity index is 1.95. The highest BCUT2D eigenvalue weighted by atomic mass is 16.2. The van der Waals surface area contributed by atoms with Gasteiger partial charge in [-0.05, 0) is 44.5 Å². The molecule has 0 spiro atoms. The third kappa shape index (κ3) is 3.43. The molecular weight excluding hydrogens is 298 g/mol. The van der Waals surface area contributed by atoms with Crippen molar-refractivity contribution in [2.45, 2.75) is 32.9 Å². The Morgan fingerprint density at radius 1 is 0.958 bits per heavy atom. The van der Waals surface area contributed by atoms with Crippen molar-refractivity contribution in [2.75, 3.05) is 0 Å². The zero-order valence-electron chi connectivity index (χ0n) is 14.2. The SMILES string of the molecule is CC(C)(C)N(Cc1ccccc1)C(=O)c1ccc2nccnc2c1. The van der Waals surface area contributed by atoms with Crippen molar-refractivity contribution in [3.05, 3.63) is 72.1 Å². The normalized spacial score (nSPS) is 11.5. The van der Waals surface area contributed by atoms with Crippen LogP contribution in [0.25, 0.3) is 11.0 Å². The Bertz CT molecular complexity index is 853. The topological polar surface area (TPSA) is 46.1 Å². The van der Waals surface area contributed by atoms with Gasteiger partial charge in [-0.2, -0.15) is 0 Å². The molecule has 0 radical (unpaired) electrons. The first-order valence-electron chi connectivity index (χ1n) is 8.02. The fourth-order valence-corrected chi connectivity index (χ4v) is 2.63. The lowest BCUT2D eigenvalue weighted by atomic mass is 10.0. The maximum absolute atomic E-state index is 13.1. The molecule has 4 heteroatoms. The van der Waals surface area contributed by atoms with E-state index in [1.807, 2.05) is 53.4 Å². The summed E-state index contributed by atoms with van der Waals surface area (Å²) in [6, 6.07) is 15.5. The van der Waals surface area contributed by atoms with E-state index in [9.17, 15) is 4.79 Å². The molecule has 1 heterocycles. The van der Waals surface area contributed by atoms with Crippen LogP contribution in [0.5, 0.6) is 0 Å². The summed E-state index contributed by atoms with van der Waals surface area (Å²) in [7, 11) is 0. The van der Waals surface area contributed by atoms with E-state index in [-0.39, 0.29) is 11.4 Å². The fourth-order valence-electron chi connectivity index (χ4n) is 2.63. The molecule has 0 aliphatic carbocycles. The fraction of sp³-hybridized carbons (Fsp3) is 0.250. The van der Waals surface area contributed by atoms with Crippen LogP contribution in [0.4, 0.5) is 0 Å². The van der Waals surface area contributed by atoms with Gasteiger partial charge in [0.2, 0.25) is 0 Å². The van der Waals surface area contributed by atoms with Crippen LogP contribution in [0.2, 0.25) is 0 Å². The molecule has 3 rings (SSSR count). The second-order valence-corrected chi connectivity index (χ2v) is 6.81. The van der Waals surface area contributed by atoms with Gasteiger partial charge in [0, 0.05) is 30.0 Å².